The van der Waals surface area contributed by atoms with Crippen molar-refractivity contribution in [2.24, 2.45) is 0 Å². The molecule has 8 aromatic rings. The number of hydrogen-bond acceptors (Lipinski definition) is 4. The molecule has 42 heavy (non-hydrogen) atoms. The van der Waals surface area contributed by atoms with Gasteiger partial charge >= 0.3 is 0 Å². The molecular formula is C38H24N4. The fourth-order valence-corrected chi connectivity index (χ4v) is 5.79. The first-order valence-electron chi connectivity index (χ1n) is 14.0. The van der Waals surface area contributed by atoms with E-state index < -0.39 is 0 Å². The van der Waals surface area contributed by atoms with E-state index in [1.807, 2.05) is 18.3 Å². The van der Waals surface area contributed by atoms with Crippen LogP contribution < -0.4 is 0 Å². The lowest BCUT2D eigenvalue weighted by Gasteiger charge is -2.17. The van der Waals surface area contributed by atoms with Crippen LogP contribution in [0.1, 0.15) is 0 Å². The van der Waals surface area contributed by atoms with Gasteiger partial charge in [0, 0.05) is 40.7 Å². The van der Waals surface area contributed by atoms with Crippen molar-refractivity contribution >= 4 is 32.7 Å². The van der Waals surface area contributed by atoms with Crippen LogP contribution in [-0.2, 0) is 0 Å². The number of hydrogen-bond donors (Lipinski definition) is 0. The zero-order valence-corrected chi connectivity index (χ0v) is 22.6. The Balaban J connectivity index is 1.33. The molecule has 6 aromatic carbocycles. The summed E-state index contributed by atoms with van der Waals surface area (Å²) in [6, 6.07) is 44.3. The topological polar surface area (TPSA) is 51.6 Å². The summed E-state index contributed by atoms with van der Waals surface area (Å²) in [5.41, 5.74) is 9.99. The largest absolute Gasteiger partial charge is 0.252 e. The molecule has 0 amide bonds. The van der Waals surface area contributed by atoms with Gasteiger partial charge < -0.3 is 0 Å². The molecule has 0 spiro atoms. The first kappa shape index (κ1) is 24.1. The molecular weight excluding hydrogens is 512 g/mol. The van der Waals surface area contributed by atoms with E-state index in [1.165, 1.54) is 16.3 Å². The van der Waals surface area contributed by atoms with E-state index in [2.05, 4.69) is 115 Å². The zero-order chi connectivity index (χ0) is 27.9. The van der Waals surface area contributed by atoms with Crippen LogP contribution in [0.4, 0.5) is 0 Å². The highest BCUT2D eigenvalue weighted by Crippen LogP contribution is 2.42. The smallest absolute Gasteiger partial charge is 0.159 e. The maximum Gasteiger partial charge on any atom is 0.159 e. The van der Waals surface area contributed by atoms with Crippen LogP contribution in [0.3, 0.4) is 0 Å². The third-order valence-corrected chi connectivity index (χ3v) is 7.82. The molecule has 0 saturated heterocycles. The van der Waals surface area contributed by atoms with Gasteiger partial charge in [-0.05, 0) is 39.1 Å². The van der Waals surface area contributed by atoms with Crippen molar-refractivity contribution < 1.29 is 0 Å². The lowest BCUT2D eigenvalue weighted by molar-refractivity contribution is 1.22. The third-order valence-electron chi connectivity index (χ3n) is 7.82. The van der Waals surface area contributed by atoms with E-state index in [0.717, 1.165) is 55.3 Å². The average Bonchev–Trinajstić information content (AvgIpc) is 3.08. The number of nitrogens with zero attached hydrogens (tertiary/aromatic N) is 4. The summed E-state index contributed by atoms with van der Waals surface area (Å²) in [4.78, 5) is 19.6. The van der Waals surface area contributed by atoms with Gasteiger partial charge in [-0.2, -0.15) is 0 Å². The van der Waals surface area contributed by atoms with E-state index in [4.69, 9.17) is 19.9 Å². The molecule has 4 nitrogen and oxygen atoms in total. The van der Waals surface area contributed by atoms with Crippen LogP contribution in [0.5, 0.6) is 0 Å². The van der Waals surface area contributed by atoms with Crippen LogP contribution in [0.15, 0.2) is 146 Å². The maximum absolute atomic E-state index is 5.22. The van der Waals surface area contributed by atoms with Gasteiger partial charge in [0.05, 0.1) is 11.0 Å². The Bertz CT molecular complexity index is 2230. The Morgan fingerprint density at radius 1 is 0.381 bits per heavy atom. The molecule has 0 aliphatic heterocycles. The summed E-state index contributed by atoms with van der Waals surface area (Å²) < 4.78 is 0. The molecule has 0 radical (unpaired) electrons. The minimum absolute atomic E-state index is 0.673. The van der Waals surface area contributed by atoms with Gasteiger partial charge in [0.25, 0.3) is 0 Å². The zero-order valence-electron chi connectivity index (χ0n) is 22.6. The standard InChI is InChI=1S/C38H24N4/c1-3-10-27(11-4-1)33-34(28-12-5-2-6-13-28)37-36(39-21-22-40-37)32-24-41-38(42-35(32)33)29-18-15-26(16-19-29)31-20-17-25-9-7-8-14-30(25)23-31/h1-24H. The second kappa shape index (κ2) is 10.0. The SMILES string of the molecule is c1ccc(-c2c(-c3ccccc3)c3nccnc3c3cnc(-c4ccc(-c5ccc6ccccc6c5)cc4)nc23)cc1. The fourth-order valence-electron chi connectivity index (χ4n) is 5.79. The van der Waals surface area contributed by atoms with Crippen LogP contribution in [0.25, 0.3) is 77.5 Å². The third kappa shape index (κ3) is 4.09. The highest BCUT2D eigenvalue weighted by molar-refractivity contribution is 6.17. The van der Waals surface area contributed by atoms with Crippen molar-refractivity contribution in [3.05, 3.63) is 146 Å². The molecule has 8 rings (SSSR count). The van der Waals surface area contributed by atoms with Crippen molar-refractivity contribution in [2.45, 2.75) is 0 Å². The number of benzene rings is 6. The fraction of sp³-hybridized carbons (Fsp3) is 0. The molecule has 196 valence electrons. The monoisotopic (exact) mass is 536 g/mol. The summed E-state index contributed by atoms with van der Waals surface area (Å²) in [6.07, 6.45) is 5.38. The van der Waals surface area contributed by atoms with E-state index >= 15 is 0 Å². The summed E-state index contributed by atoms with van der Waals surface area (Å²) in [6.45, 7) is 0. The van der Waals surface area contributed by atoms with Crippen molar-refractivity contribution in [1.29, 1.82) is 0 Å². The summed E-state index contributed by atoms with van der Waals surface area (Å²) >= 11 is 0. The van der Waals surface area contributed by atoms with Gasteiger partial charge in [-0.3, -0.25) is 9.97 Å². The first-order chi connectivity index (χ1) is 20.8. The van der Waals surface area contributed by atoms with E-state index in [1.54, 1.807) is 12.4 Å². The second-order valence-corrected chi connectivity index (χ2v) is 10.3. The number of aromatic nitrogens is 4. The Labute approximate surface area is 243 Å². The van der Waals surface area contributed by atoms with Crippen molar-refractivity contribution in [2.75, 3.05) is 0 Å². The quantitative estimate of drug-likeness (QED) is 0.210. The summed E-state index contributed by atoms with van der Waals surface area (Å²) in [7, 11) is 0. The van der Waals surface area contributed by atoms with Crippen LogP contribution in [0, 0.1) is 0 Å². The molecule has 0 unspecified atom stereocenters. The minimum atomic E-state index is 0.673. The Hall–Kier alpha value is -5.74. The molecule has 2 heterocycles. The average molecular weight is 537 g/mol. The first-order valence-corrected chi connectivity index (χ1v) is 14.0. The van der Waals surface area contributed by atoms with Gasteiger partial charge in [-0.15, -0.1) is 0 Å². The van der Waals surface area contributed by atoms with Crippen LogP contribution in [0.2, 0.25) is 0 Å². The molecule has 0 saturated carbocycles. The van der Waals surface area contributed by atoms with Crippen LogP contribution >= 0.6 is 0 Å². The van der Waals surface area contributed by atoms with Crippen molar-refractivity contribution in [3.63, 3.8) is 0 Å². The van der Waals surface area contributed by atoms with Gasteiger partial charge in [-0.25, -0.2) is 9.97 Å². The van der Waals surface area contributed by atoms with Crippen molar-refractivity contribution in [1.82, 2.24) is 19.9 Å². The van der Waals surface area contributed by atoms with E-state index in [0.29, 0.717) is 5.82 Å². The maximum atomic E-state index is 5.22. The molecule has 4 heteroatoms. The van der Waals surface area contributed by atoms with Gasteiger partial charge in [0.2, 0.25) is 0 Å². The molecule has 0 bridgehead atoms. The van der Waals surface area contributed by atoms with Crippen LogP contribution in [-0.4, -0.2) is 19.9 Å². The molecule has 2 aromatic heterocycles. The lowest BCUT2D eigenvalue weighted by Crippen LogP contribution is -1.98. The van der Waals surface area contributed by atoms with E-state index in [9.17, 15) is 0 Å². The summed E-state index contributed by atoms with van der Waals surface area (Å²) in [5, 5.41) is 3.35. The van der Waals surface area contributed by atoms with Crippen molar-refractivity contribution in [3.8, 4) is 44.8 Å². The number of rotatable bonds is 4. The number of fused-ring (bicyclic) bond motifs is 4. The molecule has 0 fully saturated rings. The molecule has 0 atom stereocenters. The van der Waals surface area contributed by atoms with Gasteiger partial charge in [0.15, 0.2) is 5.82 Å². The Kier molecular flexibility index (Phi) is 5.75. The second-order valence-electron chi connectivity index (χ2n) is 10.3. The van der Waals surface area contributed by atoms with Gasteiger partial charge in [-0.1, -0.05) is 121 Å². The molecule has 0 aliphatic carbocycles. The Morgan fingerprint density at radius 2 is 0.952 bits per heavy atom. The predicted molar refractivity (Wildman–Crippen MR) is 172 cm³/mol. The van der Waals surface area contributed by atoms with E-state index in [-0.39, 0.29) is 0 Å². The predicted octanol–water partition coefficient (Wildman–Crippen LogP) is 9.39. The highest BCUT2D eigenvalue weighted by Gasteiger charge is 2.21. The van der Waals surface area contributed by atoms with Gasteiger partial charge in [0.1, 0.15) is 5.52 Å². The summed E-state index contributed by atoms with van der Waals surface area (Å²) in [5.74, 6) is 0.673. The minimum Gasteiger partial charge on any atom is -0.252 e. The molecule has 0 N–H and O–H groups in total. The Morgan fingerprint density at radius 3 is 1.67 bits per heavy atom. The lowest BCUT2D eigenvalue weighted by atomic mass is 9.90. The normalized spacial score (nSPS) is 11.3. The molecule has 0 aliphatic rings. The highest BCUT2D eigenvalue weighted by atomic mass is 14.9.